The van der Waals surface area contributed by atoms with Gasteiger partial charge in [-0.05, 0) is 24.3 Å². The molecule has 1 aromatic rings. The van der Waals surface area contributed by atoms with Crippen molar-refractivity contribution in [2.45, 2.75) is 11.3 Å². The van der Waals surface area contributed by atoms with Crippen molar-refractivity contribution in [2.75, 3.05) is 12.4 Å². The van der Waals surface area contributed by atoms with Gasteiger partial charge in [-0.25, -0.2) is 0 Å². The van der Waals surface area contributed by atoms with E-state index in [1.807, 2.05) is 25.3 Å². The lowest BCUT2D eigenvalue weighted by molar-refractivity contribution is 1.26. The molecule has 0 fully saturated rings. The monoisotopic (exact) mass is 243 g/mol. The summed E-state index contributed by atoms with van der Waals surface area (Å²) in [6, 6.07) is 6.22. The summed E-state index contributed by atoms with van der Waals surface area (Å²) in [7, 11) is 1.92. The summed E-state index contributed by atoms with van der Waals surface area (Å²) >= 11 is 1.74. The molecular formula is C13H13N3S. The van der Waals surface area contributed by atoms with Gasteiger partial charge in [0, 0.05) is 34.7 Å². The number of rotatable bonds is 1. The summed E-state index contributed by atoms with van der Waals surface area (Å²) in [4.78, 5) is 7.03. The Labute approximate surface area is 105 Å². The minimum Gasteiger partial charge on any atom is -0.399 e. The van der Waals surface area contributed by atoms with E-state index in [9.17, 15) is 0 Å². The molecule has 17 heavy (non-hydrogen) atoms. The fourth-order valence-corrected chi connectivity index (χ4v) is 2.99. The van der Waals surface area contributed by atoms with E-state index in [1.54, 1.807) is 11.8 Å². The third-order valence-electron chi connectivity index (χ3n) is 2.84. The van der Waals surface area contributed by atoms with Gasteiger partial charge in [-0.2, -0.15) is 0 Å². The van der Waals surface area contributed by atoms with E-state index in [0.29, 0.717) is 0 Å². The molecule has 1 aromatic carbocycles. The van der Waals surface area contributed by atoms with E-state index in [-0.39, 0.29) is 0 Å². The van der Waals surface area contributed by atoms with E-state index in [4.69, 9.17) is 5.73 Å². The number of hydrogen-bond donors (Lipinski definition) is 2. The molecule has 0 radical (unpaired) electrons. The van der Waals surface area contributed by atoms with E-state index in [0.717, 1.165) is 29.2 Å². The largest absolute Gasteiger partial charge is 0.399 e. The number of aliphatic imine (C=N–C) groups is 1. The molecule has 1 heterocycles. The van der Waals surface area contributed by atoms with Gasteiger partial charge in [0.25, 0.3) is 0 Å². The van der Waals surface area contributed by atoms with Gasteiger partial charge in [-0.15, -0.1) is 0 Å². The van der Waals surface area contributed by atoms with E-state index in [2.05, 4.69) is 22.4 Å². The number of nitrogens with two attached hydrogens (primary N) is 1. The summed E-state index contributed by atoms with van der Waals surface area (Å²) < 4.78 is 0. The second kappa shape index (κ2) is 3.96. The maximum atomic E-state index is 5.82. The molecule has 3 rings (SSSR count). The van der Waals surface area contributed by atoms with Crippen LogP contribution in [0.1, 0.15) is 6.42 Å². The van der Waals surface area contributed by atoms with Gasteiger partial charge in [0.15, 0.2) is 0 Å². The van der Waals surface area contributed by atoms with Crippen LogP contribution in [-0.4, -0.2) is 12.8 Å². The molecule has 0 unspecified atom stereocenters. The summed E-state index contributed by atoms with van der Waals surface area (Å²) in [6.45, 7) is 0. The Bertz CT molecular complexity index is 570. The van der Waals surface area contributed by atoms with Gasteiger partial charge in [-0.1, -0.05) is 17.8 Å². The van der Waals surface area contributed by atoms with Crippen molar-refractivity contribution in [3.05, 3.63) is 41.0 Å². The predicted molar refractivity (Wildman–Crippen MR) is 73.9 cm³/mol. The quantitative estimate of drug-likeness (QED) is 0.797. The highest BCUT2D eigenvalue weighted by atomic mass is 32.2. The van der Waals surface area contributed by atoms with Crippen molar-refractivity contribution in [3.63, 3.8) is 0 Å². The number of hydrogen-bond acceptors (Lipinski definition) is 4. The van der Waals surface area contributed by atoms with Gasteiger partial charge in [-0.3, -0.25) is 4.99 Å². The van der Waals surface area contributed by atoms with Crippen molar-refractivity contribution in [2.24, 2.45) is 10.7 Å². The molecular weight excluding hydrogens is 230 g/mol. The lowest BCUT2D eigenvalue weighted by Crippen LogP contribution is -2.10. The zero-order valence-electron chi connectivity index (χ0n) is 9.53. The Morgan fingerprint density at radius 3 is 3.12 bits per heavy atom. The highest BCUT2D eigenvalue weighted by Crippen LogP contribution is 2.43. The summed E-state index contributed by atoms with van der Waals surface area (Å²) in [6.07, 6.45) is 4.84. The van der Waals surface area contributed by atoms with Crippen LogP contribution in [0.25, 0.3) is 0 Å². The van der Waals surface area contributed by atoms with E-state index < -0.39 is 0 Å². The Morgan fingerprint density at radius 2 is 2.29 bits per heavy atom. The van der Waals surface area contributed by atoms with Crippen LogP contribution in [0.15, 0.2) is 50.8 Å². The maximum absolute atomic E-state index is 5.82. The molecule has 0 amide bonds. The number of nitrogens with zero attached hydrogens (tertiary/aromatic N) is 1. The van der Waals surface area contributed by atoms with Gasteiger partial charge in [0.05, 0.1) is 11.4 Å². The Kier molecular flexibility index (Phi) is 2.44. The van der Waals surface area contributed by atoms with Crippen LogP contribution >= 0.6 is 11.8 Å². The first-order chi connectivity index (χ1) is 8.26. The maximum Gasteiger partial charge on any atom is 0.0774 e. The molecule has 0 spiro atoms. The van der Waals surface area contributed by atoms with Crippen LogP contribution in [0, 0.1) is 0 Å². The first-order valence-electron chi connectivity index (χ1n) is 5.51. The molecule has 3 nitrogen and oxygen atoms in total. The number of thioether (sulfide) groups is 1. The molecule has 1 aliphatic carbocycles. The lowest BCUT2D eigenvalue weighted by Gasteiger charge is -2.20. The van der Waals surface area contributed by atoms with Gasteiger partial charge < -0.3 is 11.1 Å². The van der Waals surface area contributed by atoms with E-state index >= 15 is 0 Å². The van der Waals surface area contributed by atoms with Crippen molar-refractivity contribution in [1.82, 2.24) is 0 Å². The smallest absolute Gasteiger partial charge is 0.0774 e. The second-order valence-electron chi connectivity index (χ2n) is 4.01. The topological polar surface area (TPSA) is 50.4 Å². The normalized spacial score (nSPS) is 17.4. The van der Waals surface area contributed by atoms with Crippen LogP contribution < -0.4 is 11.1 Å². The van der Waals surface area contributed by atoms with Crippen molar-refractivity contribution in [1.29, 1.82) is 0 Å². The molecule has 0 aromatic heterocycles. The average molecular weight is 243 g/mol. The number of allylic oxidation sites excluding steroid dienone is 3. The average Bonchev–Trinajstić information content (AvgIpc) is 2.35. The SMILES string of the molecule is CNc1ccc2c(c1)SC1=CC(N)=CCC1=N2. The number of benzene rings is 1. The van der Waals surface area contributed by atoms with Crippen LogP contribution in [-0.2, 0) is 0 Å². The van der Waals surface area contributed by atoms with Crippen molar-refractivity contribution in [3.8, 4) is 0 Å². The zero-order chi connectivity index (χ0) is 11.8. The molecule has 0 saturated heterocycles. The molecule has 0 atom stereocenters. The predicted octanol–water partition coefficient (Wildman–Crippen LogP) is 3.04. The second-order valence-corrected chi connectivity index (χ2v) is 5.09. The molecule has 86 valence electrons. The highest BCUT2D eigenvalue weighted by Gasteiger charge is 2.19. The van der Waals surface area contributed by atoms with Gasteiger partial charge in [0.1, 0.15) is 0 Å². The number of anilines is 1. The number of fused-ring (bicyclic) bond motifs is 2. The molecule has 0 saturated carbocycles. The summed E-state index contributed by atoms with van der Waals surface area (Å²) in [5.74, 6) is 0. The van der Waals surface area contributed by atoms with E-state index in [1.165, 1.54) is 9.80 Å². The zero-order valence-corrected chi connectivity index (χ0v) is 10.3. The van der Waals surface area contributed by atoms with Gasteiger partial charge >= 0.3 is 0 Å². The van der Waals surface area contributed by atoms with Crippen LogP contribution in [0.5, 0.6) is 0 Å². The lowest BCUT2D eigenvalue weighted by atomic mass is 10.1. The fraction of sp³-hybridized carbons (Fsp3) is 0.154. The Balaban J connectivity index is 2.06. The van der Waals surface area contributed by atoms with Crippen LogP contribution in [0.2, 0.25) is 0 Å². The molecule has 1 aliphatic heterocycles. The highest BCUT2D eigenvalue weighted by molar-refractivity contribution is 8.04. The van der Waals surface area contributed by atoms with Crippen molar-refractivity contribution >= 4 is 28.8 Å². The van der Waals surface area contributed by atoms with Crippen molar-refractivity contribution < 1.29 is 0 Å². The standard InChI is InChI=1S/C13H13N3S/c1-15-9-3-5-11-13(7-9)17-12-6-8(14)2-4-10(12)16-11/h2-3,5-7,15H,4,14H2,1H3. The summed E-state index contributed by atoms with van der Waals surface area (Å²) in [5, 5.41) is 3.14. The Morgan fingerprint density at radius 1 is 1.41 bits per heavy atom. The molecule has 0 bridgehead atoms. The minimum absolute atomic E-state index is 0.831. The third-order valence-corrected chi connectivity index (χ3v) is 3.96. The molecule has 2 aliphatic rings. The minimum atomic E-state index is 0.831. The number of nitrogens with one attached hydrogen (secondary N) is 1. The third kappa shape index (κ3) is 1.85. The first kappa shape index (κ1) is 10.5. The van der Waals surface area contributed by atoms with Crippen LogP contribution in [0.3, 0.4) is 0 Å². The molecule has 4 heteroatoms. The van der Waals surface area contributed by atoms with Crippen LogP contribution in [0.4, 0.5) is 11.4 Å². The fourth-order valence-electron chi connectivity index (χ4n) is 1.91. The first-order valence-corrected chi connectivity index (χ1v) is 6.33. The summed E-state index contributed by atoms with van der Waals surface area (Å²) in [5.41, 5.74) is 9.93. The Hall–Kier alpha value is -1.68. The molecule has 3 N–H and O–H groups in total. The van der Waals surface area contributed by atoms with Gasteiger partial charge in [0.2, 0.25) is 0 Å².